The first kappa shape index (κ1) is 13.7. The van der Waals surface area contributed by atoms with Crippen molar-refractivity contribution >= 4 is 21.8 Å². The molecule has 1 amide bonds. The zero-order valence-electron chi connectivity index (χ0n) is 10.6. The van der Waals surface area contributed by atoms with Gasteiger partial charge in [0, 0.05) is 17.2 Å². The van der Waals surface area contributed by atoms with Crippen LogP contribution in [0.4, 0.5) is 0 Å². The van der Waals surface area contributed by atoms with E-state index in [0.29, 0.717) is 10.9 Å². The molecule has 0 saturated heterocycles. The minimum absolute atomic E-state index is 0.0463. The van der Waals surface area contributed by atoms with Crippen molar-refractivity contribution in [1.82, 2.24) is 10.3 Å². The Balaban J connectivity index is 2.10. The number of nitrogens with zero attached hydrogens (tertiary/aromatic N) is 1. The summed E-state index contributed by atoms with van der Waals surface area (Å²) in [4.78, 5) is 16.3. The number of pyridine rings is 1. The predicted octanol–water partition coefficient (Wildman–Crippen LogP) is 3.26. The minimum atomic E-state index is -0.110. The van der Waals surface area contributed by atoms with Crippen molar-refractivity contribution in [1.29, 1.82) is 0 Å². The summed E-state index contributed by atoms with van der Waals surface area (Å²) in [7, 11) is 0. The molecule has 1 unspecified atom stereocenters. The standard InChI is InChI=1S/C15H15BrN2O/c1-11-7-8-13(10-17-11)15(19)18-14(9-16)12-5-3-2-4-6-12/h2-8,10,14H,9H2,1H3,(H,18,19). The van der Waals surface area contributed by atoms with Gasteiger partial charge < -0.3 is 5.32 Å². The van der Waals surface area contributed by atoms with Crippen LogP contribution in [0.1, 0.15) is 27.7 Å². The highest BCUT2D eigenvalue weighted by atomic mass is 79.9. The molecule has 19 heavy (non-hydrogen) atoms. The average Bonchev–Trinajstić information content (AvgIpc) is 2.46. The molecule has 0 bridgehead atoms. The number of halogens is 1. The van der Waals surface area contributed by atoms with Crippen LogP contribution in [0.2, 0.25) is 0 Å². The first-order chi connectivity index (χ1) is 9.20. The van der Waals surface area contributed by atoms with Gasteiger partial charge in [-0.05, 0) is 24.6 Å². The van der Waals surface area contributed by atoms with Crippen LogP contribution in [0.3, 0.4) is 0 Å². The van der Waals surface area contributed by atoms with Crippen molar-refractivity contribution in [3.63, 3.8) is 0 Å². The van der Waals surface area contributed by atoms with E-state index in [1.807, 2.05) is 43.3 Å². The van der Waals surface area contributed by atoms with Crippen LogP contribution in [-0.2, 0) is 0 Å². The van der Waals surface area contributed by atoms with Crippen molar-refractivity contribution in [2.45, 2.75) is 13.0 Å². The molecule has 3 nitrogen and oxygen atoms in total. The van der Waals surface area contributed by atoms with Crippen LogP contribution >= 0.6 is 15.9 Å². The number of nitrogens with one attached hydrogen (secondary N) is 1. The number of alkyl halides is 1. The smallest absolute Gasteiger partial charge is 0.253 e. The second kappa shape index (κ2) is 6.48. The van der Waals surface area contributed by atoms with Gasteiger partial charge in [0.25, 0.3) is 5.91 Å². The minimum Gasteiger partial charge on any atom is -0.344 e. The molecule has 2 rings (SSSR count). The van der Waals surface area contributed by atoms with Gasteiger partial charge in [-0.2, -0.15) is 0 Å². The molecule has 4 heteroatoms. The van der Waals surface area contributed by atoms with Crippen LogP contribution in [0.5, 0.6) is 0 Å². The van der Waals surface area contributed by atoms with Crippen LogP contribution < -0.4 is 5.32 Å². The molecule has 0 spiro atoms. The number of hydrogen-bond acceptors (Lipinski definition) is 2. The summed E-state index contributed by atoms with van der Waals surface area (Å²) in [5.74, 6) is -0.110. The van der Waals surface area contributed by atoms with Crippen LogP contribution in [0, 0.1) is 6.92 Å². The van der Waals surface area contributed by atoms with Gasteiger partial charge in [0.15, 0.2) is 0 Å². The highest BCUT2D eigenvalue weighted by molar-refractivity contribution is 9.09. The molecule has 1 heterocycles. The van der Waals surface area contributed by atoms with Gasteiger partial charge in [0.1, 0.15) is 0 Å². The molecule has 1 N–H and O–H groups in total. The molecule has 1 atom stereocenters. The van der Waals surface area contributed by atoms with E-state index >= 15 is 0 Å². The molecule has 0 fully saturated rings. The lowest BCUT2D eigenvalue weighted by atomic mass is 10.1. The van der Waals surface area contributed by atoms with Gasteiger partial charge in [-0.15, -0.1) is 0 Å². The maximum Gasteiger partial charge on any atom is 0.253 e. The highest BCUT2D eigenvalue weighted by Gasteiger charge is 2.14. The van der Waals surface area contributed by atoms with Crippen molar-refractivity contribution in [2.75, 3.05) is 5.33 Å². The second-order valence-corrected chi connectivity index (χ2v) is 4.93. The van der Waals surface area contributed by atoms with Gasteiger partial charge in [-0.25, -0.2) is 0 Å². The van der Waals surface area contributed by atoms with Gasteiger partial charge in [0.2, 0.25) is 0 Å². The Kier molecular flexibility index (Phi) is 4.68. The Morgan fingerprint density at radius 2 is 2.00 bits per heavy atom. The molecule has 0 aliphatic rings. The number of carbonyl (C=O) groups excluding carboxylic acids is 1. The molecule has 0 aliphatic carbocycles. The molecule has 0 radical (unpaired) electrons. The maximum absolute atomic E-state index is 12.1. The Morgan fingerprint density at radius 3 is 2.58 bits per heavy atom. The van der Waals surface area contributed by atoms with E-state index in [4.69, 9.17) is 0 Å². The van der Waals surface area contributed by atoms with Gasteiger partial charge in [-0.3, -0.25) is 9.78 Å². The van der Waals surface area contributed by atoms with Crippen LogP contribution in [0.25, 0.3) is 0 Å². The molecular formula is C15H15BrN2O. The fourth-order valence-electron chi connectivity index (χ4n) is 1.74. The Morgan fingerprint density at radius 1 is 1.26 bits per heavy atom. The Bertz CT molecular complexity index is 540. The molecule has 1 aromatic heterocycles. The monoisotopic (exact) mass is 318 g/mol. The van der Waals surface area contributed by atoms with E-state index in [1.54, 1.807) is 12.3 Å². The molecule has 0 aliphatic heterocycles. The summed E-state index contributed by atoms with van der Waals surface area (Å²) in [6.07, 6.45) is 1.60. The van der Waals surface area contributed by atoms with E-state index in [-0.39, 0.29) is 11.9 Å². The Hall–Kier alpha value is -1.68. The number of benzene rings is 1. The second-order valence-electron chi connectivity index (χ2n) is 4.28. The number of amides is 1. The lowest BCUT2D eigenvalue weighted by Gasteiger charge is -2.16. The third-order valence-electron chi connectivity index (χ3n) is 2.84. The fraction of sp³-hybridized carbons (Fsp3) is 0.200. The Labute approximate surface area is 121 Å². The van der Waals surface area contributed by atoms with Crippen LogP contribution in [-0.4, -0.2) is 16.2 Å². The lowest BCUT2D eigenvalue weighted by Crippen LogP contribution is -2.29. The van der Waals surface area contributed by atoms with Crippen molar-refractivity contribution in [3.8, 4) is 0 Å². The van der Waals surface area contributed by atoms with Crippen molar-refractivity contribution in [2.24, 2.45) is 0 Å². The summed E-state index contributed by atoms with van der Waals surface area (Å²) in [6, 6.07) is 13.5. The number of rotatable bonds is 4. The molecular weight excluding hydrogens is 304 g/mol. The maximum atomic E-state index is 12.1. The third kappa shape index (κ3) is 3.64. The summed E-state index contributed by atoms with van der Waals surface area (Å²) >= 11 is 3.43. The summed E-state index contributed by atoms with van der Waals surface area (Å²) in [5.41, 5.74) is 2.55. The molecule has 0 saturated carbocycles. The van der Waals surface area contributed by atoms with E-state index in [2.05, 4.69) is 26.2 Å². The summed E-state index contributed by atoms with van der Waals surface area (Å²) in [6.45, 7) is 1.90. The number of carbonyl (C=O) groups is 1. The SMILES string of the molecule is Cc1ccc(C(=O)NC(CBr)c2ccccc2)cn1. The van der Waals surface area contributed by atoms with E-state index < -0.39 is 0 Å². The quantitative estimate of drug-likeness (QED) is 0.879. The largest absolute Gasteiger partial charge is 0.344 e. The number of hydrogen-bond donors (Lipinski definition) is 1. The van der Waals surface area contributed by atoms with Crippen molar-refractivity contribution in [3.05, 3.63) is 65.5 Å². The normalized spacial score (nSPS) is 11.9. The first-order valence-corrected chi connectivity index (χ1v) is 7.17. The van der Waals surface area contributed by atoms with E-state index in [9.17, 15) is 4.79 Å². The van der Waals surface area contributed by atoms with Gasteiger partial charge in [0.05, 0.1) is 11.6 Å². The molecule has 98 valence electrons. The molecule has 1 aromatic carbocycles. The predicted molar refractivity (Wildman–Crippen MR) is 79.4 cm³/mol. The summed E-state index contributed by atoms with van der Waals surface area (Å²) < 4.78 is 0. The lowest BCUT2D eigenvalue weighted by molar-refractivity contribution is 0.0940. The van der Waals surface area contributed by atoms with E-state index in [1.165, 1.54) is 0 Å². The zero-order chi connectivity index (χ0) is 13.7. The first-order valence-electron chi connectivity index (χ1n) is 6.05. The third-order valence-corrected chi connectivity index (χ3v) is 3.48. The highest BCUT2D eigenvalue weighted by Crippen LogP contribution is 2.15. The summed E-state index contributed by atoms with van der Waals surface area (Å²) in [5, 5.41) is 3.66. The van der Waals surface area contributed by atoms with Crippen molar-refractivity contribution < 1.29 is 4.79 Å². The van der Waals surface area contributed by atoms with E-state index in [0.717, 1.165) is 11.3 Å². The molecule has 2 aromatic rings. The van der Waals surface area contributed by atoms with Gasteiger partial charge >= 0.3 is 0 Å². The fourth-order valence-corrected chi connectivity index (χ4v) is 2.28. The topological polar surface area (TPSA) is 42.0 Å². The number of aryl methyl sites for hydroxylation is 1. The van der Waals surface area contributed by atoms with Gasteiger partial charge in [-0.1, -0.05) is 46.3 Å². The van der Waals surface area contributed by atoms with Crippen LogP contribution in [0.15, 0.2) is 48.7 Å². The average molecular weight is 319 g/mol. The zero-order valence-corrected chi connectivity index (χ0v) is 12.2. The number of aromatic nitrogens is 1.